The molecule has 21 heavy (non-hydrogen) atoms. The minimum absolute atomic E-state index is 0.000366. The summed E-state index contributed by atoms with van der Waals surface area (Å²) in [6.45, 7) is 4.36. The van der Waals surface area contributed by atoms with Crippen LogP contribution in [0.25, 0.3) is 0 Å². The molecular weight excluding hydrogens is 312 g/mol. The van der Waals surface area contributed by atoms with Crippen molar-refractivity contribution in [1.29, 1.82) is 0 Å². The lowest BCUT2D eigenvalue weighted by molar-refractivity contribution is 0.0602. The molecule has 0 amide bonds. The van der Waals surface area contributed by atoms with Crippen LogP contribution in [0.1, 0.15) is 29.4 Å². The zero-order valence-electron chi connectivity index (χ0n) is 12.2. The molecule has 2 rings (SSSR count). The number of rotatable bonds is 6. The van der Waals surface area contributed by atoms with Crippen LogP contribution in [0.3, 0.4) is 0 Å². The van der Waals surface area contributed by atoms with Crippen molar-refractivity contribution in [2.75, 3.05) is 26.7 Å². The first-order chi connectivity index (χ1) is 9.99. The topological polar surface area (TPSA) is 75.7 Å². The molecule has 6 nitrogen and oxygen atoms in total. The van der Waals surface area contributed by atoms with Gasteiger partial charge in [0.05, 0.1) is 7.11 Å². The molecule has 1 aromatic heterocycles. The van der Waals surface area contributed by atoms with Gasteiger partial charge in [-0.25, -0.2) is 17.9 Å². The number of methoxy groups -OCH3 is 1. The molecule has 1 atom stereocenters. The molecule has 0 radical (unpaired) electrons. The third-order valence-electron chi connectivity index (χ3n) is 3.70. The molecule has 1 aliphatic heterocycles. The third kappa shape index (κ3) is 3.63. The quantitative estimate of drug-likeness (QED) is 0.795. The lowest BCUT2D eigenvalue weighted by Crippen LogP contribution is -2.40. The van der Waals surface area contributed by atoms with Crippen LogP contribution in [0.2, 0.25) is 0 Å². The van der Waals surface area contributed by atoms with Gasteiger partial charge < -0.3 is 4.74 Å². The number of thiophene rings is 1. The summed E-state index contributed by atoms with van der Waals surface area (Å²) < 4.78 is 31.9. The summed E-state index contributed by atoms with van der Waals surface area (Å²) in [7, 11) is -2.45. The SMILES string of the molecule is CCN1CCCC1CNS(=O)(=O)c1ccsc1C(=O)OC. The number of carbonyl (C=O) groups excluding carboxylic acids is 1. The largest absolute Gasteiger partial charge is 0.465 e. The standard InChI is InChI=1S/C13H20N2O4S2/c1-3-15-7-4-5-10(15)9-14-21(17,18)11-6-8-20-12(11)13(16)19-2/h6,8,10,14H,3-5,7,9H2,1-2H3. The molecule has 1 aromatic rings. The minimum Gasteiger partial charge on any atom is -0.465 e. The number of nitrogens with zero attached hydrogens (tertiary/aromatic N) is 1. The van der Waals surface area contributed by atoms with E-state index in [4.69, 9.17) is 0 Å². The van der Waals surface area contributed by atoms with Crippen molar-refractivity contribution in [1.82, 2.24) is 9.62 Å². The molecule has 0 spiro atoms. The van der Waals surface area contributed by atoms with Crippen molar-refractivity contribution in [2.45, 2.75) is 30.7 Å². The highest BCUT2D eigenvalue weighted by Crippen LogP contribution is 2.23. The van der Waals surface area contributed by atoms with E-state index in [0.29, 0.717) is 6.54 Å². The summed E-state index contributed by atoms with van der Waals surface area (Å²) in [6, 6.07) is 1.66. The molecule has 1 aliphatic rings. The van der Waals surface area contributed by atoms with Gasteiger partial charge in [-0.15, -0.1) is 11.3 Å². The van der Waals surface area contributed by atoms with Crippen LogP contribution in [-0.2, 0) is 14.8 Å². The second-order valence-electron chi connectivity index (χ2n) is 4.88. The van der Waals surface area contributed by atoms with Crippen molar-refractivity contribution in [2.24, 2.45) is 0 Å². The van der Waals surface area contributed by atoms with Gasteiger partial charge >= 0.3 is 5.97 Å². The first-order valence-corrected chi connectivity index (χ1v) is 9.25. The zero-order valence-corrected chi connectivity index (χ0v) is 13.8. The van der Waals surface area contributed by atoms with Crippen LogP contribution in [0.5, 0.6) is 0 Å². The first-order valence-electron chi connectivity index (χ1n) is 6.89. The Morgan fingerprint density at radius 2 is 2.33 bits per heavy atom. The van der Waals surface area contributed by atoms with Gasteiger partial charge in [0.1, 0.15) is 9.77 Å². The highest BCUT2D eigenvalue weighted by atomic mass is 32.2. The number of carbonyl (C=O) groups is 1. The fourth-order valence-corrected chi connectivity index (χ4v) is 4.98. The number of hydrogen-bond acceptors (Lipinski definition) is 6. The number of nitrogens with one attached hydrogen (secondary N) is 1. The van der Waals surface area contributed by atoms with E-state index in [1.165, 1.54) is 13.2 Å². The molecule has 2 heterocycles. The molecule has 0 saturated carbocycles. The van der Waals surface area contributed by atoms with E-state index in [-0.39, 0.29) is 15.8 Å². The summed E-state index contributed by atoms with van der Waals surface area (Å²) in [5.74, 6) is -0.624. The van der Waals surface area contributed by atoms with E-state index in [1.54, 1.807) is 5.38 Å². The summed E-state index contributed by atoms with van der Waals surface area (Å²) in [6.07, 6.45) is 2.08. The van der Waals surface area contributed by atoms with Gasteiger partial charge in [-0.1, -0.05) is 6.92 Å². The van der Waals surface area contributed by atoms with Gasteiger partial charge in [-0.3, -0.25) is 4.90 Å². The Morgan fingerprint density at radius 1 is 1.57 bits per heavy atom. The van der Waals surface area contributed by atoms with E-state index in [2.05, 4.69) is 21.3 Å². The Labute approximate surface area is 129 Å². The smallest absolute Gasteiger partial charge is 0.349 e. The number of ether oxygens (including phenoxy) is 1. The predicted octanol–water partition coefficient (Wildman–Crippen LogP) is 1.30. The molecule has 1 unspecified atom stereocenters. The normalized spacial score (nSPS) is 19.8. The molecule has 8 heteroatoms. The molecule has 0 aromatic carbocycles. The van der Waals surface area contributed by atoms with E-state index in [9.17, 15) is 13.2 Å². The summed E-state index contributed by atoms with van der Waals surface area (Å²) in [5, 5.41) is 1.58. The average molecular weight is 332 g/mol. The number of sulfonamides is 1. The Balaban J connectivity index is 2.09. The number of esters is 1. The zero-order chi connectivity index (χ0) is 15.5. The van der Waals surface area contributed by atoms with Crippen molar-refractivity contribution in [3.05, 3.63) is 16.3 Å². The summed E-state index contributed by atoms with van der Waals surface area (Å²) in [5.41, 5.74) is 0. The molecule has 1 saturated heterocycles. The van der Waals surface area contributed by atoms with Crippen molar-refractivity contribution in [3.8, 4) is 0 Å². The predicted molar refractivity (Wildman–Crippen MR) is 81.1 cm³/mol. The number of likely N-dealkylation sites (N-methyl/N-ethyl adjacent to an activating group) is 1. The maximum absolute atomic E-state index is 12.4. The van der Waals surface area contributed by atoms with Gasteiger partial charge in [0, 0.05) is 12.6 Å². The van der Waals surface area contributed by atoms with Crippen molar-refractivity contribution >= 4 is 27.3 Å². The summed E-state index contributed by atoms with van der Waals surface area (Å²) in [4.78, 5) is 14.0. The van der Waals surface area contributed by atoms with Gasteiger partial charge in [0.25, 0.3) is 0 Å². The van der Waals surface area contributed by atoms with Gasteiger partial charge in [0.2, 0.25) is 10.0 Å². The number of likely N-dealkylation sites (tertiary alicyclic amines) is 1. The van der Waals surface area contributed by atoms with Crippen molar-refractivity contribution in [3.63, 3.8) is 0 Å². The molecule has 118 valence electrons. The lowest BCUT2D eigenvalue weighted by atomic mass is 10.2. The highest BCUT2D eigenvalue weighted by molar-refractivity contribution is 7.89. The van der Waals surface area contributed by atoms with E-state index < -0.39 is 16.0 Å². The van der Waals surface area contributed by atoms with Crippen LogP contribution >= 0.6 is 11.3 Å². The third-order valence-corrected chi connectivity index (χ3v) is 6.19. The second-order valence-corrected chi connectivity index (χ2v) is 7.53. The maximum atomic E-state index is 12.4. The van der Waals surface area contributed by atoms with E-state index in [1.807, 2.05) is 0 Å². The van der Waals surface area contributed by atoms with Gasteiger partial charge in [-0.05, 0) is 37.4 Å². The average Bonchev–Trinajstić information content (AvgIpc) is 3.12. The van der Waals surface area contributed by atoms with Crippen molar-refractivity contribution < 1.29 is 17.9 Å². The Hall–Kier alpha value is -0.960. The van der Waals surface area contributed by atoms with E-state index >= 15 is 0 Å². The molecule has 0 aliphatic carbocycles. The fourth-order valence-electron chi connectivity index (χ4n) is 2.58. The van der Waals surface area contributed by atoms with Crippen LogP contribution in [-0.4, -0.2) is 52.1 Å². The monoisotopic (exact) mass is 332 g/mol. The summed E-state index contributed by atoms with van der Waals surface area (Å²) >= 11 is 1.07. The maximum Gasteiger partial charge on any atom is 0.349 e. The Kier molecular flexibility index (Phi) is 5.37. The Morgan fingerprint density at radius 3 is 3.00 bits per heavy atom. The minimum atomic E-state index is -3.69. The second kappa shape index (κ2) is 6.87. The molecule has 0 bridgehead atoms. The van der Waals surface area contributed by atoms with Crippen LogP contribution in [0.15, 0.2) is 16.3 Å². The highest BCUT2D eigenvalue weighted by Gasteiger charge is 2.28. The first kappa shape index (κ1) is 16.4. The molecule has 1 N–H and O–H groups in total. The van der Waals surface area contributed by atoms with Gasteiger partial charge in [-0.2, -0.15) is 0 Å². The fraction of sp³-hybridized carbons (Fsp3) is 0.615. The lowest BCUT2D eigenvalue weighted by Gasteiger charge is -2.22. The van der Waals surface area contributed by atoms with Crippen LogP contribution < -0.4 is 4.72 Å². The van der Waals surface area contributed by atoms with E-state index in [0.717, 1.165) is 37.3 Å². The van der Waals surface area contributed by atoms with Crippen LogP contribution in [0, 0.1) is 0 Å². The molecular formula is C13H20N2O4S2. The number of hydrogen-bond donors (Lipinski definition) is 1. The van der Waals surface area contributed by atoms with Gasteiger partial charge in [0.15, 0.2) is 0 Å². The molecule has 1 fully saturated rings. The van der Waals surface area contributed by atoms with Crippen LogP contribution in [0.4, 0.5) is 0 Å². The Bertz CT molecular complexity index is 597.